The van der Waals surface area contributed by atoms with Crippen molar-refractivity contribution in [1.82, 2.24) is 15.1 Å². The summed E-state index contributed by atoms with van der Waals surface area (Å²) in [6, 6.07) is -0.520. The molecule has 1 rings (SSSR count). The van der Waals surface area contributed by atoms with Crippen LogP contribution in [-0.4, -0.2) is 78.2 Å². The van der Waals surface area contributed by atoms with Gasteiger partial charge in [0, 0.05) is 26.2 Å². The monoisotopic (exact) mass is 401 g/mol. The third-order valence-corrected chi connectivity index (χ3v) is 5.11. The summed E-state index contributed by atoms with van der Waals surface area (Å²) in [5, 5.41) is 2.78. The molecule has 0 saturated carbocycles. The van der Waals surface area contributed by atoms with Gasteiger partial charge in [-0.05, 0) is 57.6 Å². The van der Waals surface area contributed by atoms with Gasteiger partial charge >= 0.3 is 6.09 Å². The van der Waals surface area contributed by atoms with E-state index in [9.17, 15) is 9.59 Å². The maximum atomic E-state index is 13.0. The van der Waals surface area contributed by atoms with E-state index >= 15 is 0 Å². The van der Waals surface area contributed by atoms with Crippen molar-refractivity contribution in [1.29, 1.82) is 0 Å². The number of hydrogen-bond donors (Lipinski definition) is 1. The standard InChI is InChI=1S/C20H39N3O3S/c1-19(2,3)9-10-22-11-13-23(14-12-22)17(24)16(8-15-27-7)21-18(25)26-20(4,5)6/h16H,8-15H2,1-7H3,(H,21,25)/t16-/m0/s1. The molecular weight excluding hydrogens is 362 g/mol. The third-order valence-electron chi connectivity index (χ3n) is 4.46. The number of thioether (sulfide) groups is 1. The van der Waals surface area contributed by atoms with Crippen LogP contribution in [-0.2, 0) is 9.53 Å². The summed E-state index contributed by atoms with van der Waals surface area (Å²) in [5.41, 5.74) is -0.247. The molecule has 158 valence electrons. The molecule has 0 aromatic heterocycles. The van der Waals surface area contributed by atoms with Gasteiger partial charge in [0.05, 0.1) is 0 Å². The lowest BCUT2D eigenvalue weighted by atomic mass is 9.92. The highest BCUT2D eigenvalue weighted by Gasteiger charge is 2.30. The summed E-state index contributed by atoms with van der Waals surface area (Å²) in [5.74, 6) is 0.822. The number of nitrogens with one attached hydrogen (secondary N) is 1. The van der Waals surface area contributed by atoms with Gasteiger partial charge in [-0.2, -0.15) is 11.8 Å². The fourth-order valence-electron chi connectivity index (χ4n) is 2.85. The number of amides is 2. The molecule has 27 heavy (non-hydrogen) atoms. The highest BCUT2D eigenvalue weighted by atomic mass is 32.2. The maximum Gasteiger partial charge on any atom is 0.408 e. The topological polar surface area (TPSA) is 61.9 Å². The van der Waals surface area contributed by atoms with Crippen LogP contribution in [0.1, 0.15) is 54.4 Å². The van der Waals surface area contributed by atoms with Gasteiger partial charge in [-0.15, -0.1) is 0 Å². The average Bonchev–Trinajstić information content (AvgIpc) is 2.54. The zero-order chi connectivity index (χ0) is 20.7. The summed E-state index contributed by atoms with van der Waals surface area (Å²) < 4.78 is 5.33. The van der Waals surface area contributed by atoms with Crippen LogP contribution in [0.2, 0.25) is 0 Å². The molecule has 0 unspecified atom stereocenters. The minimum atomic E-state index is -0.574. The van der Waals surface area contributed by atoms with Gasteiger partial charge in [0.2, 0.25) is 5.91 Å². The van der Waals surface area contributed by atoms with Crippen LogP contribution in [0.5, 0.6) is 0 Å². The van der Waals surface area contributed by atoms with Crippen molar-refractivity contribution < 1.29 is 14.3 Å². The molecule has 1 N–H and O–H groups in total. The smallest absolute Gasteiger partial charge is 0.408 e. The lowest BCUT2D eigenvalue weighted by Crippen LogP contribution is -2.55. The van der Waals surface area contributed by atoms with Crippen LogP contribution in [0.3, 0.4) is 0 Å². The molecule has 0 radical (unpaired) electrons. The van der Waals surface area contributed by atoms with Crippen molar-refractivity contribution in [2.24, 2.45) is 5.41 Å². The normalized spacial score (nSPS) is 17.5. The quantitative estimate of drug-likeness (QED) is 0.710. The fourth-order valence-corrected chi connectivity index (χ4v) is 3.32. The molecule has 0 aromatic rings. The highest BCUT2D eigenvalue weighted by molar-refractivity contribution is 7.98. The lowest BCUT2D eigenvalue weighted by molar-refractivity contribution is -0.135. The van der Waals surface area contributed by atoms with Crippen molar-refractivity contribution in [3.8, 4) is 0 Å². The molecule has 1 atom stereocenters. The molecule has 6 nitrogen and oxygen atoms in total. The molecule has 0 aliphatic carbocycles. The van der Waals surface area contributed by atoms with Crippen molar-refractivity contribution in [3.63, 3.8) is 0 Å². The van der Waals surface area contributed by atoms with Gasteiger partial charge < -0.3 is 15.0 Å². The van der Waals surface area contributed by atoms with Crippen LogP contribution in [0.4, 0.5) is 4.79 Å². The first kappa shape index (κ1) is 24.1. The first-order valence-corrected chi connectivity index (χ1v) is 11.3. The lowest BCUT2D eigenvalue weighted by Gasteiger charge is -2.37. The van der Waals surface area contributed by atoms with Crippen molar-refractivity contribution in [3.05, 3.63) is 0 Å². The number of hydrogen-bond acceptors (Lipinski definition) is 5. The number of alkyl carbamates (subject to hydrolysis) is 1. The van der Waals surface area contributed by atoms with Crippen molar-refractivity contribution >= 4 is 23.8 Å². The zero-order valence-electron chi connectivity index (χ0n) is 18.3. The minimum Gasteiger partial charge on any atom is -0.444 e. The molecule has 1 fully saturated rings. The van der Waals surface area contributed by atoms with Crippen LogP contribution >= 0.6 is 11.8 Å². The Labute approximate surface area is 169 Å². The van der Waals surface area contributed by atoms with E-state index in [0.717, 1.165) is 44.9 Å². The number of nitrogens with zero attached hydrogens (tertiary/aromatic N) is 2. The van der Waals surface area contributed by atoms with Gasteiger partial charge in [0.1, 0.15) is 11.6 Å². The summed E-state index contributed by atoms with van der Waals surface area (Å²) in [7, 11) is 0. The molecule has 1 heterocycles. The average molecular weight is 402 g/mol. The SMILES string of the molecule is CSCC[C@H](NC(=O)OC(C)(C)C)C(=O)N1CCN(CCC(C)(C)C)CC1. The Hall–Kier alpha value is -0.950. The third kappa shape index (κ3) is 10.2. The first-order chi connectivity index (χ1) is 12.4. The second-order valence-corrected chi connectivity index (χ2v) is 10.4. The second kappa shape index (κ2) is 10.6. The summed E-state index contributed by atoms with van der Waals surface area (Å²) in [4.78, 5) is 29.4. The van der Waals surface area contributed by atoms with Crippen LogP contribution in [0.25, 0.3) is 0 Å². The zero-order valence-corrected chi connectivity index (χ0v) is 19.1. The molecule has 0 aromatic carbocycles. The molecule has 2 amide bonds. The Morgan fingerprint density at radius 1 is 1.07 bits per heavy atom. The van der Waals surface area contributed by atoms with E-state index in [1.807, 2.05) is 31.9 Å². The summed E-state index contributed by atoms with van der Waals surface area (Å²) in [6.07, 6.45) is 3.25. The van der Waals surface area contributed by atoms with Gasteiger partial charge in [-0.1, -0.05) is 20.8 Å². The summed E-state index contributed by atoms with van der Waals surface area (Å²) in [6.45, 7) is 16.5. The van der Waals surface area contributed by atoms with E-state index in [1.165, 1.54) is 0 Å². The Balaban J connectivity index is 2.57. The van der Waals surface area contributed by atoms with Crippen LogP contribution < -0.4 is 5.32 Å². The molecule has 1 aliphatic rings. The van der Waals surface area contributed by atoms with Gasteiger partial charge in [0.15, 0.2) is 0 Å². The number of rotatable bonds is 7. The Bertz CT molecular complexity index is 478. The van der Waals surface area contributed by atoms with Crippen LogP contribution in [0, 0.1) is 5.41 Å². The fraction of sp³-hybridized carbons (Fsp3) is 0.900. The minimum absolute atomic E-state index is 0.00498. The Kier molecular flexibility index (Phi) is 9.42. The summed E-state index contributed by atoms with van der Waals surface area (Å²) >= 11 is 1.67. The highest BCUT2D eigenvalue weighted by Crippen LogP contribution is 2.19. The predicted octanol–water partition coefficient (Wildman–Crippen LogP) is 3.21. The van der Waals surface area contributed by atoms with Crippen LogP contribution in [0.15, 0.2) is 0 Å². The molecular formula is C20H39N3O3S. The molecule has 1 aliphatic heterocycles. The predicted molar refractivity (Wildman–Crippen MR) is 113 cm³/mol. The number of piperazine rings is 1. The van der Waals surface area contributed by atoms with E-state index in [0.29, 0.717) is 11.8 Å². The number of carbonyl (C=O) groups is 2. The van der Waals surface area contributed by atoms with Gasteiger partial charge in [-0.3, -0.25) is 9.69 Å². The van der Waals surface area contributed by atoms with E-state index in [2.05, 4.69) is 31.0 Å². The largest absolute Gasteiger partial charge is 0.444 e. The molecule has 1 saturated heterocycles. The Morgan fingerprint density at radius 3 is 2.15 bits per heavy atom. The molecule has 0 bridgehead atoms. The second-order valence-electron chi connectivity index (χ2n) is 9.46. The van der Waals surface area contributed by atoms with Crippen molar-refractivity contribution in [2.75, 3.05) is 44.7 Å². The maximum absolute atomic E-state index is 13.0. The van der Waals surface area contributed by atoms with Gasteiger partial charge in [-0.25, -0.2) is 4.79 Å². The van der Waals surface area contributed by atoms with E-state index in [-0.39, 0.29) is 5.91 Å². The van der Waals surface area contributed by atoms with Gasteiger partial charge in [0.25, 0.3) is 0 Å². The number of ether oxygens (including phenoxy) is 1. The van der Waals surface area contributed by atoms with E-state index in [1.54, 1.807) is 11.8 Å². The van der Waals surface area contributed by atoms with E-state index < -0.39 is 17.7 Å². The van der Waals surface area contributed by atoms with E-state index in [4.69, 9.17) is 4.74 Å². The molecule has 7 heteroatoms. The molecule has 0 spiro atoms. The number of carbonyl (C=O) groups excluding carboxylic acids is 2. The first-order valence-electron chi connectivity index (χ1n) is 9.91. The Morgan fingerprint density at radius 2 is 1.67 bits per heavy atom. The van der Waals surface area contributed by atoms with Crippen molar-refractivity contribution in [2.45, 2.75) is 66.0 Å².